The lowest BCUT2D eigenvalue weighted by molar-refractivity contribution is -0.275. The standard InChI is InChI=1S/C17H26O9/c1-5-11(18)23-10-9-22-17(26-14(21)8-4)16(25-13(20)7-3)15(10)24-12(19)6-2/h10,15-17H,5-9H2,1-4H3/t10-,15-,16-,17-/m1/s1. The SMILES string of the molecule is CCC(=O)O[C@H]1OC[C@@H](OC(=O)CC)[C@@H](OC(=O)CC)[C@H]1OC(=O)CC. The minimum Gasteiger partial charge on any atom is -0.456 e. The Labute approximate surface area is 152 Å². The fourth-order valence-corrected chi connectivity index (χ4v) is 2.15. The molecule has 0 aromatic rings. The van der Waals surface area contributed by atoms with Gasteiger partial charge in [0, 0.05) is 25.7 Å². The second-order valence-electron chi connectivity index (χ2n) is 5.54. The Bertz CT molecular complexity index is 470. The molecule has 9 nitrogen and oxygen atoms in total. The van der Waals surface area contributed by atoms with Crippen LogP contribution in [0.15, 0.2) is 0 Å². The Morgan fingerprint density at radius 3 is 1.62 bits per heavy atom. The molecule has 1 rings (SSSR count). The molecule has 0 amide bonds. The van der Waals surface area contributed by atoms with E-state index in [1.165, 1.54) is 0 Å². The molecule has 4 atom stereocenters. The highest BCUT2D eigenvalue weighted by atomic mass is 16.7. The smallest absolute Gasteiger partial charge is 0.307 e. The molecule has 1 aliphatic rings. The third-order valence-electron chi connectivity index (χ3n) is 3.60. The molecule has 0 spiro atoms. The number of carbonyl (C=O) groups excluding carboxylic acids is 4. The van der Waals surface area contributed by atoms with Crippen LogP contribution < -0.4 is 0 Å². The van der Waals surface area contributed by atoms with Gasteiger partial charge in [-0.15, -0.1) is 0 Å². The Balaban J connectivity index is 3.10. The number of esters is 4. The first-order valence-electron chi connectivity index (χ1n) is 8.75. The van der Waals surface area contributed by atoms with Crippen molar-refractivity contribution < 1.29 is 42.9 Å². The molecular weight excluding hydrogens is 348 g/mol. The summed E-state index contributed by atoms with van der Waals surface area (Å²) < 4.78 is 26.5. The molecule has 0 saturated carbocycles. The molecule has 0 aliphatic carbocycles. The van der Waals surface area contributed by atoms with Crippen molar-refractivity contribution in [3.8, 4) is 0 Å². The van der Waals surface area contributed by atoms with Gasteiger partial charge >= 0.3 is 23.9 Å². The van der Waals surface area contributed by atoms with Gasteiger partial charge in [-0.05, 0) is 0 Å². The van der Waals surface area contributed by atoms with Crippen molar-refractivity contribution in [2.75, 3.05) is 6.61 Å². The summed E-state index contributed by atoms with van der Waals surface area (Å²) in [5.41, 5.74) is 0. The van der Waals surface area contributed by atoms with Crippen LogP contribution in [0.2, 0.25) is 0 Å². The van der Waals surface area contributed by atoms with Gasteiger partial charge in [0.2, 0.25) is 12.4 Å². The summed E-state index contributed by atoms with van der Waals surface area (Å²) in [6.45, 7) is 6.21. The number of ether oxygens (including phenoxy) is 5. The van der Waals surface area contributed by atoms with Gasteiger partial charge in [-0.2, -0.15) is 0 Å². The van der Waals surface area contributed by atoms with Gasteiger partial charge < -0.3 is 23.7 Å². The van der Waals surface area contributed by atoms with Crippen LogP contribution in [-0.2, 0) is 42.9 Å². The van der Waals surface area contributed by atoms with Crippen LogP contribution in [0, 0.1) is 0 Å². The molecule has 1 aliphatic heterocycles. The molecule has 0 radical (unpaired) electrons. The predicted molar refractivity (Wildman–Crippen MR) is 86.6 cm³/mol. The highest BCUT2D eigenvalue weighted by Crippen LogP contribution is 2.26. The zero-order valence-corrected chi connectivity index (χ0v) is 15.5. The Kier molecular flexibility index (Phi) is 9.04. The summed E-state index contributed by atoms with van der Waals surface area (Å²) in [5, 5.41) is 0. The van der Waals surface area contributed by atoms with Gasteiger partial charge in [0.1, 0.15) is 0 Å². The Morgan fingerprint density at radius 2 is 1.12 bits per heavy atom. The molecule has 0 unspecified atom stereocenters. The maximum atomic E-state index is 11.8. The summed E-state index contributed by atoms with van der Waals surface area (Å²) >= 11 is 0. The number of carbonyl (C=O) groups is 4. The van der Waals surface area contributed by atoms with Crippen molar-refractivity contribution in [1.29, 1.82) is 0 Å². The van der Waals surface area contributed by atoms with Crippen LogP contribution in [0.5, 0.6) is 0 Å². The maximum absolute atomic E-state index is 11.8. The summed E-state index contributed by atoms with van der Waals surface area (Å²) in [6, 6.07) is 0. The molecule has 1 saturated heterocycles. The third-order valence-corrected chi connectivity index (χ3v) is 3.60. The van der Waals surface area contributed by atoms with Crippen molar-refractivity contribution in [3.05, 3.63) is 0 Å². The van der Waals surface area contributed by atoms with Crippen LogP contribution in [-0.4, -0.2) is 55.1 Å². The topological polar surface area (TPSA) is 114 Å². The molecule has 0 aromatic heterocycles. The van der Waals surface area contributed by atoms with E-state index < -0.39 is 48.5 Å². The Morgan fingerprint density at radius 1 is 0.692 bits per heavy atom. The number of hydrogen-bond donors (Lipinski definition) is 0. The minimum absolute atomic E-state index is 0.0544. The summed E-state index contributed by atoms with van der Waals surface area (Å²) in [4.78, 5) is 46.9. The van der Waals surface area contributed by atoms with E-state index >= 15 is 0 Å². The Hall–Kier alpha value is -2.16. The maximum Gasteiger partial charge on any atom is 0.307 e. The van der Waals surface area contributed by atoms with Crippen molar-refractivity contribution in [1.82, 2.24) is 0 Å². The molecule has 9 heteroatoms. The van der Waals surface area contributed by atoms with Gasteiger partial charge in [0.05, 0.1) is 6.61 Å². The quantitative estimate of drug-likeness (QED) is 0.457. The van der Waals surface area contributed by atoms with Crippen molar-refractivity contribution in [2.45, 2.75) is 78.0 Å². The molecule has 26 heavy (non-hydrogen) atoms. The van der Waals surface area contributed by atoms with Crippen LogP contribution in [0.4, 0.5) is 0 Å². The molecule has 0 N–H and O–H groups in total. The van der Waals surface area contributed by atoms with Gasteiger partial charge in [-0.3, -0.25) is 19.2 Å². The number of hydrogen-bond acceptors (Lipinski definition) is 9. The van der Waals surface area contributed by atoms with E-state index in [0.717, 1.165) is 0 Å². The normalized spacial score (nSPS) is 25.1. The zero-order chi connectivity index (χ0) is 19.7. The second kappa shape index (κ2) is 10.7. The van der Waals surface area contributed by atoms with Crippen LogP contribution in [0.1, 0.15) is 53.4 Å². The van der Waals surface area contributed by atoms with Crippen LogP contribution >= 0.6 is 0 Å². The molecule has 1 fully saturated rings. The molecule has 148 valence electrons. The first kappa shape index (κ1) is 21.9. The van der Waals surface area contributed by atoms with E-state index in [4.69, 9.17) is 23.7 Å². The van der Waals surface area contributed by atoms with E-state index in [0.29, 0.717) is 0 Å². The summed E-state index contributed by atoms with van der Waals surface area (Å²) in [7, 11) is 0. The van der Waals surface area contributed by atoms with Gasteiger partial charge in [-0.1, -0.05) is 27.7 Å². The lowest BCUT2D eigenvalue weighted by Crippen LogP contribution is -2.58. The first-order valence-corrected chi connectivity index (χ1v) is 8.75. The zero-order valence-electron chi connectivity index (χ0n) is 15.5. The monoisotopic (exact) mass is 374 g/mol. The van der Waals surface area contributed by atoms with Gasteiger partial charge in [0.25, 0.3) is 0 Å². The van der Waals surface area contributed by atoms with Crippen molar-refractivity contribution in [3.63, 3.8) is 0 Å². The second-order valence-corrected chi connectivity index (χ2v) is 5.54. The first-order chi connectivity index (χ1) is 12.4. The van der Waals surface area contributed by atoms with Gasteiger partial charge in [-0.25, -0.2) is 0 Å². The fourth-order valence-electron chi connectivity index (χ4n) is 2.15. The van der Waals surface area contributed by atoms with E-state index in [-0.39, 0.29) is 32.3 Å². The minimum atomic E-state index is -1.26. The van der Waals surface area contributed by atoms with E-state index in [1.807, 2.05) is 0 Å². The number of rotatable bonds is 8. The predicted octanol–water partition coefficient (Wildman–Crippen LogP) is 1.26. The van der Waals surface area contributed by atoms with Crippen molar-refractivity contribution in [2.24, 2.45) is 0 Å². The van der Waals surface area contributed by atoms with Crippen LogP contribution in [0.3, 0.4) is 0 Å². The lowest BCUT2D eigenvalue weighted by atomic mass is 10.0. The van der Waals surface area contributed by atoms with Crippen molar-refractivity contribution >= 4 is 23.9 Å². The average molecular weight is 374 g/mol. The molecule has 0 aromatic carbocycles. The summed E-state index contributed by atoms with van der Waals surface area (Å²) in [5.74, 6) is -2.28. The van der Waals surface area contributed by atoms with E-state index in [2.05, 4.69) is 0 Å². The highest BCUT2D eigenvalue weighted by Gasteiger charge is 2.49. The molecular formula is C17H26O9. The third kappa shape index (κ3) is 6.29. The molecule has 1 heterocycles. The van der Waals surface area contributed by atoms with Crippen LogP contribution in [0.25, 0.3) is 0 Å². The average Bonchev–Trinajstić information content (AvgIpc) is 2.65. The summed E-state index contributed by atoms with van der Waals surface area (Å²) in [6.07, 6.45) is -4.30. The van der Waals surface area contributed by atoms with E-state index in [9.17, 15) is 19.2 Å². The van der Waals surface area contributed by atoms with E-state index in [1.54, 1.807) is 27.7 Å². The molecule has 0 bridgehead atoms. The fraction of sp³-hybridized carbons (Fsp3) is 0.765. The largest absolute Gasteiger partial charge is 0.456 e. The highest BCUT2D eigenvalue weighted by molar-refractivity contribution is 5.71. The van der Waals surface area contributed by atoms with Gasteiger partial charge in [0.15, 0.2) is 12.2 Å². The lowest BCUT2D eigenvalue weighted by Gasteiger charge is -2.40.